The minimum absolute atomic E-state index is 0.0841. The van der Waals surface area contributed by atoms with Gasteiger partial charge in [0, 0.05) is 39.5 Å². The Morgan fingerprint density at radius 3 is 0.945 bits per heavy atom. The summed E-state index contributed by atoms with van der Waals surface area (Å²) in [5.41, 5.74) is 24.6. The number of anilines is 6. The molecule has 11 aromatic carbocycles. The van der Waals surface area contributed by atoms with Gasteiger partial charge in [-0.1, -0.05) is 213 Å². The Morgan fingerprint density at radius 2 is 0.521 bits per heavy atom. The van der Waals surface area contributed by atoms with Crippen molar-refractivity contribution in [2.24, 2.45) is 0 Å². The smallest absolute Gasteiger partial charge is 0.0465 e. The first-order chi connectivity index (χ1) is 36.1. The molecule has 0 bridgehead atoms. The molecule has 2 nitrogen and oxygen atoms in total. The average molecular weight is 935 g/mol. The van der Waals surface area contributed by atoms with E-state index in [0.29, 0.717) is 0 Å². The van der Waals surface area contributed by atoms with Crippen LogP contribution >= 0.6 is 0 Å². The van der Waals surface area contributed by atoms with E-state index in [-0.39, 0.29) is 5.41 Å². The number of benzene rings is 11. The first-order valence-corrected chi connectivity index (χ1v) is 25.8. The summed E-state index contributed by atoms with van der Waals surface area (Å²) in [6, 6.07) is 102. The largest absolute Gasteiger partial charge is 0.311 e. The standard InChI is InChI=1S/C71H54N2/c1-4-15-51(16-5-1)54-25-35-61(36-26-54)72(63-43-33-58(34-44-63)60-22-14-21-59(49-60)53-19-8-3-9-20-53)62-37-29-56(30-38-62)57-31-41-65(42-32-57)73(64-39-27-55(28-40-64)52-17-6-2-7-18-52)66-45-46-68-67-23-10-11-24-69(67)71(70(68)50-66)47-12-13-48-71/h1-11,14-46,49-50H,12-13,47-48H2. The minimum atomic E-state index is 0.0841. The van der Waals surface area contributed by atoms with E-state index in [1.165, 1.54) is 109 Å². The molecule has 2 aliphatic carbocycles. The lowest BCUT2D eigenvalue weighted by Gasteiger charge is -2.30. The van der Waals surface area contributed by atoms with Gasteiger partial charge >= 0.3 is 0 Å². The highest BCUT2D eigenvalue weighted by atomic mass is 15.1. The van der Waals surface area contributed by atoms with E-state index in [0.717, 1.165) is 28.4 Å². The van der Waals surface area contributed by atoms with E-state index in [1.807, 2.05) is 0 Å². The van der Waals surface area contributed by atoms with Crippen molar-refractivity contribution in [3.63, 3.8) is 0 Å². The maximum atomic E-state index is 2.51. The molecule has 2 heteroatoms. The summed E-state index contributed by atoms with van der Waals surface area (Å²) in [7, 11) is 0. The van der Waals surface area contributed by atoms with Crippen LogP contribution in [0.3, 0.4) is 0 Å². The van der Waals surface area contributed by atoms with Gasteiger partial charge in [-0.05, 0) is 170 Å². The molecule has 0 amide bonds. The second kappa shape index (κ2) is 19.0. The van der Waals surface area contributed by atoms with E-state index in [2.05, 4.69) is 289 Å². The number of fused-ring (bicyclic) bond motifs is 5. The van der Waals surface area contributed by atoms with Gasteiger partial charge in [-0.2, -0.15) is 0 Å². The highest BCUT2D eigenvalue weighted by Crippen LogP contribution is 2.58. The topological polar surface area (TPSA) is 6.48 Å². The van der Waals surface area contributed by atoms with Gasteiger partial charge in [-0.15, -0.1) is 0 Å². The lowest BCUT2D eigenvalue weighted by Crippen LogP contribution is -2.21. The third-order valence-electron chi connectivity index (χ3n) is 15.4. The normalized spacial score (nSPS) is 13.1. The van der Waals surface area contributed by atoms with Gasteiger partial charge in [0.1, 0.15) is 0 Å². The van der Waals surface area contributed by atoms with Crippen LogP contribution in [0.15, 0.2) is 279 Å². The molecule has 1 saturated carbocycles. The van der Waals surface area contributed by atoms with Crippen molar-refractivity contribution in [3.05, 3.63) is 290 Å². The van der Waals surface area contributed by atoms with Crippen LogP contribution in [0.1, 0.15) is 36.8 Å². The summed E-state index contributed by atoms with van der Waals surface area (Å²) in [6.07, 6.45) is 4.94. The summed E-state index contributed by atoms with van der Waals surface area (Å²) >= 11 is 0. The maximum absolute atomic E-state index is 2.51. The van der Waals surface area contributed by atoms with Crippen molar-refractivity contribution in [1.29, 1.82) is 0 Å². The summed E-state index contributed by atoms with van der Waals surface area (Å²) in [5, 5.41) is 0. The summed E-state index contributed by atoms with van der Waals surface area (Å²) in [5.74, 6) is 0. The van der Waals surface area contributed by atoms with Crippen molar-refractivity contribution < 1.29 is 0 Å². The molecular formula is C71H54N2. The lowest BCUT2D eigenvalue weighted by atomic mass is 9.76. The first kappa shape index (κ1) is 44.0. The third-order valence-corrected chi connectivity index (χ3v) is 15.4. The fourth-order valence-corrected chi connectivity index (χ4v) is 11.8. The van der Waals surface area contributed by atoms with Crippen LogP contribution in [0.25, 0.3) is 66.8 Å². The molecule has 0 saturated heterocycles. The van der Waals surface area contributed by atoms with Gasteiger partial charge in [0.25, 0.3) is 0 Å². The van der Waals surface area contributed by atoms with E-state index in [1.54, 1.807) is 0 Å². The molecule has 0 aromatic heterocycles. The molecule has 11 aromatic rings. The van der Waals surface area contributed by atoms with Gasteiger partial charge in [-0.25, -0.2) is 0 Å². The Morgan fingerprint density at radius 1 is 0.219 bits per heavy atom. The van der Waals surface area contributed by atoms with Crippen LogP contribution in [0.2, 0.25) is 0 Å². The second-order valence-corrected chi connectivity index (χ2v) is 19.6. The second-order valence-electron chi connectivity index (χ2n) is 19.6. The van der Waals surface area contributed by atoms with E-state index in [4.69, 9.17) is 0 Å². The van der Waals surface area contributed by atoms with Gasteiger partial charge in [0.15, 0.2) is 0 Å². The maximum Gasteiger partial charge on any atom is 0.0465 e. The van der Waals surface area contributed by atoms with Gasteiger partial charge < -0.3 is 9.80 Å². The third kappa shape index (κ3) is 8.31. The highest BCUT2D eigenvalue weighted by molar-refractivity contribution is 5.88. The van der Waals surface area contributed by atoms with Crippen LogP contribution in [0, 0.1) is 0 Å². The zero-order valence-corrected chi connectivity index (χ0v) is 40.8. The quantitative estimate of drug-likeness (QED) is 0.128. The summed E-state index contributed by atoms with van der Waals surface area (Å²) in [4.78, 5) is 4.80. The predicted molar refractivity (Wildman–Crippen MR) is 308 cm³/mol. The average Bonchev–Trinajstić information content (AvgIpc) is 4.08. The molecule has 0 radical (unpaired) electrons. The first-order valence-electron chi connectivity index (χ1n) is 25.8. The Bertz CT molecular complexity index is 3670. The van der Waals surface area contributed by atoms with Gasteiger partial charge in [0.05, 0.1) is 0 Å². The molecule has 13 rings (SSSR count). The van der Waals surface area contributed by atoms with Gasteiger partial charge in [-0.3, -0.25) is 0 Å². The molecule has 2 aliphatic rings. The monoisotopic (exact) mass is 934 g/mol. The molecule has 1 fully saturated rings. The SMILES string of the molecule is c1ccc(-c2ccc(N(c3ccc(-c4ccc(N(c5ccc(-c6ccccc6)cc5)c5ccc6c(c5)C5(CCCC5)c5ccccc5-6)cc4)cc3)c3ccc(-c4cccc(-c5ccccc5)c4)cc3)cc2)cc1. The van der Waals surface area contributed by atoms with Crippen LogP contribution in [-0.2, 0) is 5.41 Å². The molecule has 0 atom stereocenters. The zero-order valence-electron chi connectivity index (χ0n) is 40.8. The lowest BCUT2D eigenvalue weighted by molar-refractivity contribution is 0.550. The van der Waals surface area contributed by atoms with E-state index in [9.17, 15) is 0 Å². The van der Waals surface area contributed by atoms with Crippen LogP contribution in [-0.4, -0.2) is 0 Å². The van der Waals surface area contributed by atoms with Crippen molar-refractivity contribution in [2.75, 3.05) is 9.80 Å². The Kier molecular flexibility index (Phi) is 11.4. The number of rotatable bonds is 11. The summed E-state index contributed by atoms with van der Waals surface area (Å²) < 4.78 is 0. The molecule has 0 aliphatic heterocycles. The molecule has 73 heavy (non-hydrogen) atoms. The number of nitrogens with zero attached hydrogens (tertiary/aromatic N) is 2. The molecule has 1 spiro atoms. The molecule has 0 heterocycles. The molecule has 0 unspecified atom stereocenters. The van der Waals surface area contributed by atoms with Crippen molar-refractivity contribution in [1.82, 2.24) is 0 Å². The van der Waals surface area contributed by atoms with Crippen LogP contribution < -0.4 is 9.80 Å². The van der Waals surface area contributed by atoms with Crippen LogP contribution in [0.4, 0.5) is 34.1 Å². The predicted octanol–water partition coefficient (Wildman–Crippen LogP) is 19.8. The Labute approximate surface area is 429 Å². The van der Waals surface area contributed by atoms with Crippen molar-refractivity contribution in [3.8, 4) is 66.8 Å². The highest BCUT2D eigenvalue weighted by Gasteiger charge is 2.45. The Balaban J connectivity index is 0.833. The Hall–Kier alpha value is -8.98. The molecular weight excluding hydrogens is 881 g/mol. The van der Waals surface area contributed by atoms with Crippen molar-refractivity contribution >= 4 is 34.1 Å². The minimum Gasteiger partial charge on any atom is -0.311 e. The van der Waals surface area contributed by atoms with E-state index < -0.39 is 0 Å². The van der Waals surface area contributed by atoms with Crippen LogP contribution in [0.5, 0.6) is 0 Å². The molecule has 348 valence electrons. The number of hydrogen-bond donors (Lipinski definition) is 0. The number of hydrogen-bond acceptors (Lipinski definition) is 2. The summed E-state index contributed by atoms with van der Waals surface area (Å²) in [6.45, 7) is 0. The zero-order chi connectivity index (χ0) is 48.6. The van der Waals surface area contributed by atoms with Crippen molar-refractivity contribution in [2.45, 2.75) is 31.1 Å². The fourth-order valence-electron chi connectivity index (χ4n) is 11.8. The fraction of sp³-hybridized carbons (Fsp3) is 0.0704. The van der Waals surface area contributed by atoms with Gasteiger partial charge in [0.2, 0.25) is 0 Å². The van der Waals surface area contributed by atoms with E-state index >= 15 is 0 Å². The molecule has 0 N–H and O–H groups in total.